The van der Waals surface area contributed by atoms with Gasteiger partial charge in [-0.2, -0.15) is 0 Å². The number of likely N-dealkylation sites (tertiary alicyclic amines) is 1. The summed E-state index contributed by atoms with van der Waals surface area (Å²) in [6.07, 6.45) is 5.85. The van der Waals surface area contributed by atoms with Crippen molar-refractivity contribution >= 4 is 0 Å². The van der Waals surface area contributed by atoms with Crippen molar-refractivity contribution in [3.63, 3.8) is 0 Å². The van der Waals surface area contributed by atoms with E-state index in [0.29, 0.717) is 0 Å². The second-order valence-corrected chi connectivity index (χ2v) is 5.99. The third kappa shape index (κ3) is 2.51. The molecule has 0 amide bonds. The van der Waals surface area contributed by atoms with E-state index in [4.69, 9.17) is 0 Å². The minimum atomic E-state index is -0.239. The van der Waals surface area contributed by atoms with E-state index >= 15 is 0 Å². The van der Waals surface area contributed by atoms with E-state index in [2.05, 4.69) is 26.8 Å². The Morgan fingerprint density at radius 2 is 2.29 bits per heavy atom. The lowest BCUT2D eigenvalue weighted by Crippen LogP contribution is -2.41. The zero-order chi connectivity index (χ0) is 15.0. The fourth-order valence-electron chi connectivity index (χ4n) is 3.09. The number of aromatic amines is 1. The topological polar surface area (TPSA) is 66.8 Å². The molecule has 1 aliphatic heterocycles. The van der Waals surface area contributed by atoms with Crippen molar-refractivity contribution in [2.45, 2.75) is 38.8 Å². The molecule has 1 atom stereocenters. The van der Waals surface area contributed by atoms with Crippen LogP contribution in [0.5, 0.6) is 0 Å². The van der Waals surface area contributed by atoms with Crippen LogP contribution in [0.2, 0.25) is 0 Å². The van der Waals surface area contributed by atoms with Gasteiger partial charge in [0, 0.05) is 31.2 Å². The molecule has 0 radical (unpaired) electrons. The number of hydrogen-bond acceptors (Lipinski definition) is 4. The van der Waals surface area contributed by atoms with Gasteiger partial charge in [-0.1, -0.05) is 0 Å². The quantitative estimate of drug-likeness (QED) is 0.924. The molecular weight excluding hydrogens is 266 g/mol. The average molecular weight is 287 g/mol. The summed E-state index contributed by atoms with van der Waals surface area (Å²) in [6, 6.07) is 1.53. The van der Waals surface area contributed by atoms with Crippen LogP contribution in [0, 0.1) is 6.92 Å². The van der Waals surface area contributed by atoms with Crippen LogP contribution in [0.25, 0.3) is 0 Å². The standard InChI is InChI=1S/C15H21N5O/c1-11-9-13(21)18-14(17-11)15(2)5-4-7-20(15)10-12-16-6-8-19(12)3/h6,8-9H,4-5,7,10H2,1-3H3,(H,17,18,21). The highest BCUT2D eigenvalue weighted by molar-refractivity contribution is 5.12. The number of nitrogens with one attached hydrogen (secondary N) is 1. The Kier molecular flexibility index (Phi) is 3.41. The first-order chi connectivity index (χ1) is 9.99. The largest absolute Gasteiger partial charge is 0.337 e. The van der Waals surface area contributed by atoms with Crippen LogP contribution in [-0.4, -0.2) is 31.0 Å². The summed E-state index contributed by atoms with van der Waals surface area (Å²) < 4.78 is 2.03. The predicted molar refractivity (Wildman–Crippen MR) is 79.8 cm³/mol. The molecule has 6 heteroatoms. The maximum absolute atomic E-state index is 11.8. The lowest BCUT2D eigenvalue weighted by atomic mass is 9.97. The van der Waals surface area contributed by atoms with Gasteiger partial charge in [-0.05, 0) is 33.2 Å². The van der Waals surface area contributed by atoms with Gasteiger partial charge in [0.2, 0.25) is 0 Å². The number of aromatic nitrogens is 4. The Balaban J connectivity index is 1.94. The third-order valence-electron chi connectivity index (χ3n) is 4.42. The van der Waals surface area contributed by atoms with Gasteiger partial charge in [0.15, 0.2) is 0 Å². The number of hydrogen-bond donors (Lipinski definition) is 1. The highest BCUT2D eigenvalue weighted by atomic mass is 16.1. The molecule has 3 rings (SSSR count). The molecule has 1 aliphatic rings. The van der Waals surface area contributed by atoms with Crippen LogP contribution >= 0.6 is 0 Å². The molecular formula is C15H21N5O. The molecule has 3 heterocycles. The second-order valence-electron chi connectivity index (χ2n) is 5.99. The van der Waals surface area contributed by atoms with Crippen LogP contribution < -0.4 is 5.56 Å². The average Bonchev–Trinajstić information content (AvgIpc) is 2.98. The molecule has 112 valence electrons. The molecule has 0 aromatic carbocycles. The van der Waals surface area contributed by atoms with Crippen LogP contribution in [0.15, 0.2) is 23.3 Å². The highest BCUT2D eigenvalue weighted by Crippen LogP contribution is 2.37. The summed E-state index contributed by atoms with van der Waals surface area (Å²) in [5.41, 5.74) is 0.443. The molecule has 1 N–H and O–H groups in total. The number of imidazole rings is 1. The first-order valence-electron chi connectivity index (χ1n) is 7.29. The Morgan fingerprint density at radius 1 is 1.48 bits per heavy atom. The van der Waals surface area contributed by atoms with E-state index in [9.17, 15) is 4.79 Å². The molecule has 2 aromatic heterocycles. The van der Waals surface area contributed by atoms with E-state index in [-0.39, 0.29) is 11.1 Å². The predicted octanol–water partition coefficient (Wildman–Crippen LogP) is 1.32. The van der Waals surface area contributed by atoms with Gasteiger partial charge in [-0.15, -0.1) is 0 Å². The molecule has 1 saturated heterocycles. The van der Waals surface area contributed by atoms with Gasteiger partial charge in [-0.3, -0.25) is 9.69 Å². The van der Waals surface area contributed by atoms with Gasteiger partial charge < -0.3 is 9.55 Å². The molecule has 2 aromatic rings. The van der Waals surface area contributed by atoms with Crippen molar-refractivity contribution in [1.82, 2.24) is 24.4 Å². The minimum Gasteiger partial charge on any atom is -0.337 e. The zero-order valence-corrected chi connectivity index (χ0v) is 12.8. The number of rotatable bonds is 3. The molecule has 0 saturated carbocycles. The summed E-state index contributed by atoms with van der Waals surface area (Å²) >= 11 is 0. The number of nitrogens with zero attached hydrogens (tertiary/aromatic N) is 4. The Morgan fingerprint density at radius 3 is 2.95 bits per heavy atom. The van der Waals surface area contributed by atoms with E-state index in [1.807, 2.05) is 30.9 Å². The molecule has 1 fully saturated rings. The SMILES string of the molecule is Cc1cc(=O)[nH]c(C2(C)CCCN2Cc2nccn2C)n1. The van der Waals surface area contributed by atoms with Gasteiger partial charge >= 0.3 is 0 Å². The van der Waals surface area contributed by atoms with Crippen molar-refractivity contribution in [1.29, 1.82) is 0 Å². The van der Waals surface area contributed by atoms with E-state index in [0.717, 1.165) is 43.3 Å². The molecule has 0 aliphatic carbocycles. The molecule has 0 spiro atoms. The molecule has 1 unspecified atom stereocenters. The Labute approximate surface area is 123 Å². The fourth-order valence-corrected chi connectivity index (χ4v) is 3.09. The summed E-state index contributed by atoms with van der Waals surface area (Å²) in [5, 5.41) is 0. The van der Waals surface area contributed by atoms with Crippen LogP contribution in [0.1, 0.15) is 37.1 Å². The highest BCUT2D eigenvalue weighted by Gasteiger charge is 2.40. The molecule has 6 nitrogen and oxygen atoms in total. The van der Waals surface area contributed by atoms with Crippen LogP contribution in [0.4, 0.5) is 0 Å². The van der Waals surface area contributed by atoms with Gasteiger partial charge in [0.05, 0.1) is 12.1 Å². The van der Waals surface area contributed by atoms with E-state index in [1.165, 1.54) is 6.07 Å². The smallest absolute Gasteiger partial charge is 0.251 e. The molecule has 0 bridgehead atoms. The number of aryl methyl sites for hydroxylation is 2. The summed E-state index contributed by atoms with van der Waals surface area (Å²) in [6.45, 7) is 5.76. The van der Waals surface area contributed by atoms with Crippen molar-refractivity contribution in [3.05, 3.63) is 46.2 Å². The van der Waals surface area contributed by atoms with Crippen molar-refractivity contribution < 1.29 is 0 Å². The normalized spacial score (nSPS) is 22.8. The maximum atomic E-state index is 11.8. The number of H-pyrrole nitrogens is 1. The summed E-state index contributed by atoms with van der Waals surface area (Å²) in [5.74, 6) is 1.79. The third-order valence-corrected chi connectivity index (χ3v) is 4.42. The van der Waals surface area contributed by atoms with Gasteiger partial charge in [-0.25, -0.2) is 9.97 Å². The minimum absolute atomic E-state index is 0.0810. The summed E-state index contributed by atoms with van der Waals surface area (Å²) in [4.78, 5) is 26.0. The monoisotopic (exact) mass is 287 g/mol. The first-order valence-corrected chi connectivity index (χ1v) is 7.29. The van der Waals surface area contributed by atoms with E-state index in [1.54, 1.807) is 0 Å². The molecule has 21 heavy (non-hydrogen) atoms. The Bertz CT molecular complexity index is 704. The lowest BCUT2D eigenvalue weighted by molar-refractivity contribution is 0.132. The zero-order valence-electron chi connectivity index (χ0n) is 12.8. The fraction of sp³-hybridized carbons (Fsp3) is 0.533. The van der Waals surface area contributed by atoms with E-state index < -0.39 is 0 Å². The second kappa shape index (κ2) is 5.11. The maximum Gasteiger partial charge on any atom is 0.251 e. The van der Waals surface area contributed by atoms with Crippen LogP contribution in [0.3, 0.4) is 0 Å². The van der Waals surface area contributed by atoms with Crippen molar-refractivity contribution in [2.75, 3.05) is 6.54 Å². The van der Waals surface area contributed by atoms with Gasteiger partial charge in [0.25, 0.3) is 5.56 Å². The van der Waals surface area contributed by atoms with Crippen LogP contribution in [-0.2, 0) is 19.1 Å². The van der Waals surface area contributed by atoms with Gasteiger partial charge in [0.1, 0.15) is 11.6 Å². The summed E-state index contributed by atoms with van der Waals surface area (Å²) in [7, 11) is 2.00. The first kappa shape index (κ1) is 14.0. The Hall–Kier alpha value is -1.95. The van der Waals surface area contributed by atoms with Crippen molar-refractivity contribution in [2.24, 2.45) is 7.05 Å². The van der Waals surface area contributed by atoms with Crippen molar-refractivity contribution in [3.8, 4) is 0 Å². The lowest BCUT2D eigenvalue weighted by Gasteiger charge is -2.34.